The number of ether oxygens (including phenoxy) is 2. The molecule has 2 aromatic carbocycles. The number of imidazole rings is 1. The van der Waals surface area contributed by atoms with E-state index in [4.69, 9.17) is 14.7 Å². The molecule has 162 valence electrons. The Bertz CT molecular complexity index is 1390. The molecule has 0 saturated carbocycles. The highest BCUT2D eigenvalue weighted by molar-refractivity contribution is 6.32. The van der Waals surface area contributed by atoms with E-state index in [-0.39, 0.29) is 5.78 Å². The third-order valence-electron chi connectivity index (χ3n) is 5.58. The van der Waals surface area contributed by atoms with Gasteiger partial charge in [0.15, 0.2) is 5.60 Å². The van der Waals surface area contributed by atoms with Crippen molar-refractivity contribution in [2.24, 2.45) is 0 Å². The number of nitrogens with zero attached hydrogens (tertiary/aromatic N) is 3. The highest BCUT2D eigenvalue weighted by Gasteiger charge is 2.42. The monoisotopic (exact) mass is 435 g/mol. The van der Waals surface area contributed by atoms with E-state index in [1.54, 1.807) is 38.1 Å². The first-order valence-corrected chi connectivity index (χ1v) is 10.6. The lowest BCUT2D eigenvalue weighted by Crippen LogP contribution is -2.29. The third-order valence-corrected chi connectivity index (χ3v) is 5.58. The average molecular weight is 435 g/mol. The van der Waals surface area contributed by atoms with Crippen LogP contribution < -0.4 is 4.74 Å². The number of pyridine rings is 1. The summed E-state index contributed by atoms with van der Waals surface area (Å²) < 4.78 is 13.9. The normalized spacial score (nSPS) is 14.9. The Balaban J connectivity index is 1.40. The number of carbonyl (C=O) groups excluding carboxylic acids is 1. The maximum absolute atomic E-state index is 13.1. The van der Waals surface area contributed by atoms with Crippen molar-refractivity contribution in [2.45, 2.75) is 26.1 Å². The number of benzene rings is 2. The van der Waals surface area contributed by atoms with Crippen LogP contribution in [0.5, 0.6) is 5.75 Å². The number of carbonyl (C=O) groups is 1. The first-order valence-electron chi connectivity index (χ1n) is 10.6. The van der Waals surface area contributed by atoms with Gasteiger partial charge in [-0.05, 0) is 67.9 Å². The Morgan fingerprint density at radius 1 is 1.03 bits per heavy atom. The second-order valence-electron chi connectivity index (χ2n) is 8.35. The number of hydrogen-bond donors (Lipinski definition) is 0. The van der Waals surface area contributed by atoms with Gasteiger partial charge in [0.05, 0.1) is 22.9 Å². The molecule has 0 unspecified atom stereocenters. The van der Waals surface area contributed by atoms with Crippen LogP contribution in [0.4, 0.5) is 0 Å². The highest BCUT2D eigenvalue weighted by Crippen LogP contribution is 2.41. The van der Waals surface area contributed by atoms with Gasteiger partial charge in [-0.3, -0.25) is 4.79 Å². The Morgan fingerprint density at radius 2 is 1.76 bits per heavy atom. The smallest absolute Gasteiger partial charge is 0.210 e. The number of Topliss-reactive ketones (excluding diaryl/α,β-unsaturated/α-hetero) is 1. The summed E-state index contributed by atoms with van der Waals surface area (Å²) in [7, 11) is 0. The van der Waals surface area contributed by atoms with Crippen molar-refractivity contribution in [1.29, 1.82) is 5.26 Å². The largest absolute Gasteiger partial charge is 0.487 e. The van der Waals surface area contributed by atoms with Gasteiger partial charge >= 0.3 is 0 Å². The van der Waals surface area contributed by atoms with Crippen molar-refractivity contribution >= 4 is 22.8 Å². The van der Waals surface area contributed by atoms with Crippen molar-refractivity contribution in [3.8, 4) is 11.8 Å². The molecule has 0 saturated heterocycles. The molecule has 0 amide bonds. The molecule has 0 fully saturated rings. The fourth-order valence-electron chi connectivity index (χ4n) is 3.85. The minimum absolute atomic E-state index is 0.0885. The predicted molar refractivity (Wildman–Crippen MR) is 124 cm³/mol. The van der Waals surface area contributed by atoms with E-state index in [0.29, 0.717) is 29.3 Å². The van der Waals surface area contributed by atoms with E-state index >= 15 is 0 Å². The molecule has 0 N–H and O–H groups in total. The van der Waals surface area contributed by atoms with Crippen molar-refractivity contribution in [3.63, 3.8) is 0 Å². The van der Waals surface area contributed by atoms with Crippen molar-refractivity contribution < 1.29 is 14.3 Å². The molecule has 5 rings (SSSR count). The van der Waals surface area contributed by atoms with Crippen LogP contribution in [0.25, 0.3) is 17.0 Å². The summed E-state index contributed by atoms with van der Waals surface area (Å²) in [6.45, 7) is 3.87. The van der Waals surface area contributed by atoms with Gasteiger partial charge < -0.3 is 13.9 Å². The topological polar surface area (TPSA) is 76.6 Å². The molecule has 0 radical (unpaired) electrons. The van der Waals surface area contributed by atoms with Crippen LogP contribution in [0.1, 0.15) is 36.2 Å². The van der Waals surface area contributed by atoms with Crippen molar-refractivity contribution in [1.82, 2.24) is 9.38 Å². The molecule has 33 heavy (non-hydrogen) atoms. The lowest BCUT2D eigenvalue weighted by atomic mass is 9.92. The molecule has 0 atom stereocenters. The van der Waals surface area contributed by atoms with Gasteiger partial charge in [-0.1, -0.05) is 18.2 Å². The third kappa shape index (κ3) is 3.85. The van der Waals surface area contributed by atoms with Gasteiger partial charge in [-0.2, -0.15) is 5.26 Å². The van der Waals surface area contributed by atoms with Crippen LogP contribution in [-0.4, -0.2) is 20.8 Å². The SMILES string of the molecule is CC1(C)OC(c2ccc(OCc3cn4ccccc4n3)cc2)=C(c2ccc(C#N)cc2)C1=O. The summed E-state index contributed by atoms with van der Waals surface area (Å²) in [5, 5.41) is 9.07. The Hall–Kier alpha value is -4.37. The molecular formula is C27H21N3O3. The summed E-state index contributed by atoms with van der Waals surface area (Å²) >= 11 is 0. The zero-order chi connectivity index (χ0) is 23.0. The fraction of sp³-hybridized carbons (Fsp3) is 0.148. The van der Waals surface area contributed by atoms with E-state index in [0.717, 1.165) is 22.5 Å². The van der Waals surface area contributed by atoms with Gasteiger partial charge in [0.1, 0.15) is 23.8 Å². The van der Waals surface area contributed by atoms with Gasteiger partial charge in [-0.15, -0.1) is 0 Å². The van der Waals surface area contributed by atoms with E-state index in [1.807, 2.05) is 59.3 Å². The first kappa shape index (κ1) is 20.5. The zero-order valence-corrected chi connectivity index (χ0v) is 18.3. The number of ketones is 1. The highest BCUT2D eigenvalue weighted by atomic mass is 16.5. The maximum atomic E-state index is 13.1. The summed E-state index contributed by atoms with van der Waals surface area (Å²) in [4.78, 5) is 17.6. The molecule has 0 bridgehead atoms. The summed E-state index contributed by atoms with van der Waals surface area (Å²) in [6.07, 6.45) is 3.89. The number of nitriles is 1. The molecule has 6 nitrogen and oxygen atoms in total. The minimum Gasteiger partial charge on any atom is -0.487 e. The van der Waals surface area contributed by atoms with Gasteiger partial charge in [-0.25, -0.2) is 4.98 Å². The molecule has 1 aliphatic rings. The van der Waals surface area contributed by atoms with Crippen LogP contribution in [0.15, 0.2) is 79.1 Å². The van der Waals surface area contributed by atoms with Crippen molar-refractivity contribution in [2.75, 3.05) is 0 Å². The van der Waals surface area contributed by atoms with Gasteiger partial charge in [0, 0.05) is 18.0 Å². The predicted octanol–water partition coefficient (Wildman–Crippen LogP) is 5.03. The number of rotatable bonds is 5. The summed E-state index contributed by atoms with van der Waals surface area (Å²) in [5.74, 6) is 1.14. The number of aromatic nitrogens is 2. The average Bonchev–Trinajstić information content (AvgIpc) is 3.36. The van der Waals surface area contributed by atoms with E-state index in [2.05, 4.69) is 11.1 Å². The molecule has 1 aliphatic heterocycles. The zero-order valence-electron chi connectivity index (χ0n) is 18.3. The van der Waals surface area contributed by atoms with Crippen molar-refractivity contribution in [3.05, 3.63) is 102 Å². The van der Waals surface area contributed by atoms with Gasteiger partial charge in [0.2, 0.25) is 5.78 Å². The quantitative estimate of drug-likeness (QED) is 0.439. The molecule has 0 spiro atoms. The minimum atomic E-state index is -0.961. The Morgan fingerprint density at radius 3 is 2.45 bits per heavy atom. The molecule has 4 aromatic rings. The number of fused-ring (bicyclic) bond motifs is 1. The van der Waals surface area contributed by atoms with Crippen LogP contribution in [0.3, 0.4) is 0 Å². The second-order valence-corrected chi connectivity index (χ2v) is 8.35. The maximum Gasteiger partial charge on any atom is 0.210 e. The lowest BCUT2D eigenvalue weighted by molar-refractivity contribution is -0.125. The standard InChI is InChI=1S/C27H21N3O3/c1-27(2)26(31)24(19-8-6-18(15-28)7-9-19)25(33-27)20-10-12-22(13-11-20)32-17-21-16-30-14-4-3-5-23(30)29-21/h3-14,16H,17H2,1-2H3. The molecule has 6 heteroatoms. The van der Waals surface area contributed by atoms with Crippen LogP contribution >= 0.6 is 0 Å². The number of hydrogen-bond acceptors (Lipinski definition) is 5. The molecule has 3 heterocycles. The van der Waals surface area contributed by atoms with Crippen LogP contribution in [0, 0.1) is 11.3 Å². The van der Waals surface area contributed by atoms with E-state index in [9.17, 15) is 4.79 Å². The van der Waals surface area contributed by atoms with E-state index < -0.39 is 5.60 Å². The second kappa shape index (κ2) is 7.95. The van der Waals surface area contributed by atoms with Crippen LogP contribution in [-0.2, 0) is 16.1 Å². The Kier molecular flexibility index (Phi) is 4.95. The summed E-state index contributed by atoms with van der Waals surface area (Å²) in [6, 6.07) is 22.4. The molecule has 2 aromatic heterocycles. The first-order chi connectivity index (χ1) is 15.9. The van der Waals surface area contributed by atoms with E-state index in [1.165, 1.54) is 0 Å². The van der Waals surface area contributed by atoms with Crippen LogP contribution in [0.2, 0.25) is 0 Å². The lowest BCUT2D eigenvalue weighted by Gasteiger charge is -2.18. The molecular weight excluding hydrogens is 414 g/mol. The molecule has 0 aliphatic carbocycles. The fourth-order valence-corrected chi connectivity index (χ4v) is 3.85. The summed E-state index contributed by atoms with van der Waals surface area (Å²) in [5.41, 5.74) is 3.32. The van der Waals surface area contributed by atoms with Gasteiger partial charge in [0.25, 0.3) is 0 Å². The Labute approximate surface area is 191 Å².